The minimum Gasteiger partial charge on any atom is -0.362 e. The molecule has 5 amide bonds. The molecule has 116 valence electrons. The smallest absolute Gasteiger partial charge is 0.327 e. The summed E-state index contributed by atoms with van der Waals surface area (Å²) in [4.78, 5) is 37.2. The largest absolute Gasteiger partial charge is 0.362 e. The highest BCUT2D eigenvalue weighted by Gasteiger charge is 2.24. The lowest BCUT2D eigenvalue weighted by Gasteiger charge is -2.07. The third-order valence-corrected chi connectivity index (χ3v) is 3.22. The number of hydrogen-bond acceptors (Lipinski definition) is 3. The van der Waals surface area contributed by atoms with Crippen LogP contribution < -0.4 is 21.7 Å². The lowest BCUT2D eigenvalue weighted by atomic mass is 10.1. The van der Waals surface area contributed by atoms with Crippen molar-refractivity contribution in [3.63, 3.8) is 0 Å². The molecule has 1 aliphatic rings. The van der Waals surface area contributed by atoms with Crippen molar-refractivity contribution < 1.29 is 14.4 Å². The molecule has 0 saturated heterocycles. The highest BCUT2D eigenvalue weighted by Crippen LogP contribution is 2.34. The van der Waals surface area contributed by atoms with Crippen molar-refractivity contribution in [2.24, 2.45) is 5.73 Å². The summed E-state index contributed by atoms with van der Waals surface area (Å²) in [6.07, 6.45) is 3.47. The molecule has 0 bridgehead atoms. The van der Waals surface area contributed by atoms with E-state index >= 15 is 0 Å². The summed E-state index contributed by atoms with van der Waals surface area (Å²) >= 11 is 0. The molecular weight excluding hydrogens is 298 g/mol. The molecule has 0 saturated carbocycles. The van der Waals surface area contributed by atoms with Gasteiger partial charge in [0.15, 0.2) is 0 Å². The van der Waals surface area contributed by atoms with E-state index in [0.29, 0.717) is 22.5 Å². The van der Waals surface area contributed by atoms with E-state index in [1.807, 2.05) is 17.4 Å². The van der Waals surface area contributed by atoms with E-state index in [-0.39, 0.29) is 5.91 Å². The molecular formula is C15H13N5O3. The first kappa shape index (κ1) is 14.4. The van der Waals surface area contributed by atoms with E-state index in [1.54, 1.807) is 30.5 Å². The summed E-state index contributed by atoms with van der Waals surface area (Å²) in [5.74, 6) is -0.228. The zero-order valence-corrected chi connectivity index (χ0v) is 11.8. The van der Waals surface area contributed by atoms with Crippen molar-refractivity contribution in [2.75, 3.05) is 10.6 Å². The third-order valence-electron chi connectivity index (χ3n) is 3.22. The second-order valence-electron chi connectivity index (χ2n) is 4.84. The Bertz CT molecular complexity index is 824. The predicted molar refractivity (Wildman–Crippen MR) is 85.5 cm³/mol. The monoisotopic (exact) mass is 311 g/mol. The highest BCUT2D eigenvalue weighted by molar-refractivity contribution is 6.35. The average molecular weight is 311 g/mol. The molecule has 23 heavy (non-hydrogen) atoms. The number of benzene rings is 1. The fourth-order valence-corrected chi connectivity index (χ4v) is 2.27. The molecule has 1 aromatic carbocycles. The molecule has 3 rings (SSSR count). The number of amides is 5. The third kappa shape index (κ3) is 3.05. The Morgan fingerprint density at radius 1 is 1.22 bits per heavy atom. The predicted octanol–water partition coefficient (Wildman–Crippen LogP) is 1.71. The lowest BCUT2D eigenvalue weighted by Crippen LogP contribution is -2.38. The van der Waals surface area contributed by atoms with Gasteiger partial charge in [0.05, 0.1) is 5.57 Å². The standard InChI is InChI=1S/C15H13N5O3/c16-14(22)20-15(23)18-9-3-4-12-10(7-9)11(13(21)19-12)6-8-2-1-5-17-8/h1-7,17H,(H,19,21)(H4,16,18,20,22,23)/b11-6-. The van der Waals surface area contributed by atoms with Crippen molar-refractivity contribution in [3.05, 3.63) is 47.8 Å². The van der Waals surface area contributed by atoms with Crippen LogP contribution in [0.1, 0.15) is 11.3 Å². The number of nitrogens with two attached hydrogens (primary N) is 1. The molecule has 0 unspecified atom stereocenters. The van der Waals surface area contributed by atoms with Crippen LogP contribution >= 0.6 is 0 Å². The normalized spacial score (nSPS) is 14.3. The van der Waals surface area contributed by atoms with E-state index in [2.05, 4.69) is 15.6 Å². The van der Waals surface area contributed by atoms with Crippen molar-refractivity contribution in [2.45, 2.75) is 0 Å². The van der Waals surface area contributed by atoms with E-state index in [9.17, 15) is 14.4 Å². The topological polar surface area (TPSA) is 129 Å². The number of H-pyrrole nitrogens is 1. The van der Waals surface area contributed by atoms with Crippen molar-refractivity contribution in [1.82, 2.24) is 10.3 Å². The molecule has 1 aliphatic heterocycles. The van der Waals surface area contributed by atoms with Crippen LogP contribution in [0.25, 0.3) is 11.6 Å². The Morgan fingerprint density at radius 3 is 2.74 bits per heavy atom. The maximum absolute atomic E-state index is 12.1. The summed E-state index contributed by atoms with van der Waals surface area (Å²) < 4.78 is 0. The van der Waals surface area contributed by atoms with Crippen molar-refractivity contribution in [3.8, 4) is 0 Å². The molecule has 0 spiro atoms. The molecule has 0 fully saturated rings. The molecule has 8 nitrogen and oxygen atoms in total. The van der Waals surface area contributed by atoms with Crippen LogP contribution in [0.5, 0.6) is 0 Å². The van der Waals surface area contributed by atoms with E-state index < -0.39 is 12.1 Å². The maximum atomic E-state index is 12.1. The fourth-order valence-electron chi connectivity index (χ4n) is 2.27. The minimum atomic E-state index is -0.951. The first-order chi connectivity index (χ1) is 11.0. The Hall–Kier alpha value is -3.55. The van der Waals surface area contributed by atoms with Gasteiger partial charge in [-0.2, -0.15) is 0 Å². The van der Waals surface area contributed by atoms with Gasteiger partial charge >= 0.3 is 12.1 Å². The summed E-state index contributed by atoms with van der Waals surface area (Å²) in [6, 6.07) is 6.88. The Morgan fingerprint density at radius 2 is 2.04 bits per heavy atom. The van der Waals surface area contributed by atoms with Gasteiger partial charge in [-0.15, -0.1) is 0 Å². The number of aromatic nitrogens is 1. The molecule has 6 N–H and O–H groups in total. The number of carbonyl (C=O) groups is 3. The first-order valence-electron chi connectivity index (χ1n) is 6.71. The van der Waals surface area contributed by atoms with Gasteiger partial charge < -0.3 is 21.4 Å². The molecule has 0 radical (unpaired) electrons. The molecule has 0 aliphatic carbocycles. The second-order valence-corrected chi connectivity index (χ2v) is 4.84. The number of fused-ring (bicyclic) bond motifs is 1. The van der Waals surface area contributed by atoms with Gasteiger partial charge in [-0.05, 0) is 36.4 Å². The summed E-state index contributed by atoms with van der Waals surface area (Å²) in [6.45, 7) is 0. The van der Waals surface area contributed by atoms with E-state index in [1.165, 1.54) is 0 Å². The Kier molecular flexibility index (Phi) is 3.55. The van der Waals surface area contributed by atoms with Gasteiger partial charge in [0.1, 0.15) is 0 Å². The van der Waals surface area contributed by atoms with Crippen molar-refractivity contribution in [1.29, 1.82) is 0 Å². The maximum Gasteiger partial charge on any atom is 0.327 e. The SMILES string of the molecule is NC(=O)NC(=O)Nc1ccc2c(c1)/C(=C/c1ccc[nH]1)C(=O)N2. The zero-order chi connectivity index (χ0) is 16.4. The Labute approximate surface area is 130 Å². The van der Waals surface area contributed by atoms with Crippen LogP contribution in [-0.2, 0) is 4.79 Å². The first-order valence-corrected chi connectivity index (χ1v) is 6.71. The Balaban J connectivity index is 1.90. The van der Waals surface area contributed by atoms with Crippen molar-refractivity contribution >= 4 is 41.0 Å². The summed E-state index contributed by atoms with van der Waals surface area (Å²) in [7, 11) is 0. The lowest BCUT2D eigenvalue weighted by molar-refractivity contribution is -0.110. The van der Waals surface area contributed by atoms with Crippen LogP contribution in [0.2, 0.25) is 0 Å². The van der Waals surface area contributed by atoms with Crippen LogP contribution in [-0.4, -0.2) is 23.0 Å². The number of urea groups is 2. The quantitative estimate of drug-likeness (QED) is 0.541. The molecule has 1 aromatic heterocycles. The molecule has 2 aromatic rings. The highest BCUT2D eigenvalue weighted by atomic mass is 16.2. The van der Waals surface area contributed by atoms with Gasteiger partial charge in [-0.3, -0.25) is 10.1 Å². The molecule has 0 atom stereocenters. The number of primary amides is 1. The van der Waals surface area contributed by atoms with Crippen LogP contribution in [0.15, 0.2) is 36.5 Å². The number of aromatic amines is 1. The molecule has 8 heteroatoms. The average Bonchev–Trinajstić information content (AvgIpc) is 3.08. The number of anilines is 2. The van der Waals surface area contributed by atoms with Gasteiger partial charge in [0.25, 0.3) is 5.91 Å². The van der Waals surface area contributed by atoms with E-state index in [0.717, 1.165) is 5.69 Å². The van der Waals surface area contributed by atoms with Gasteiger partial charge in [0, 0.05) is 28.8 Å². The van der Waals surface area contributed by atoms with E-state index in [4.69, 9.17) is 5.73 Å². The number of hydrogen-bond donors (Lipinski definition) is 5. The second kappa shape index (κ2) is 5.68. The van der Waals surface area contributed by atoms with Gasteiger partial charge in [-0.25, -0.2) is 9.59 Å². The van der Waals surface area contributed by atoms with Crippen LogP contribution in [0, 0.1) is 0 Å². The number of imide groups is 1. The number of nitrogens with one attached hydrogen (secondary N) is 4. The van der Waals surface area contributed by atoms with Gasteiger partial charge in [-0.1, -0.05) is 0 Å². The summed E-state index contributed by atoms with van der Waals surface area (Å²) in [5.41, 5.74) is 7.86. The molecule has 2 heterocycles. The fraction of sp³-hybridized carbons (Fsp3) is 0. The minimum absolute atomic E-state index is 0.228. The number of rotatable bonds is 2. The van der Waals surface area contributed by atoms with Crippen LogP contribution in [0.4, 0.5) is 21.0 Å². The van der Waals surface area contributed by atoms with Gasteiger partial charge in [0.2, 0.25) is 0 Å². The zero-order valence-electron chi connectivity index (χ0n) is 11.8. The van der Waals surface area contributed by atoms with Crippen LogP contribution in [0.3, 0.4) is 0 Å². The summed E-state index contributed by atoms with van der Waals surface area (Å²) in [5, 5.41) is 7.12. The number of carbonyl (C=O) groups excluding carboxylic acids is 3.